The van der Waals surface area contributed by atoms with Gasteiger partial charge in [-0.25, -0.2) is 0 Å². The average molecular weight is 465 g/mol. The molecule has 5 nitrogen and oxygen atoms in total. The molecule has 2 saturated heterocycles. The first-order valence-corrected chi connectivity index (χ1v) is 12.0. The molecule has 1 aliphatic carbocycles. The number of halogens is 3. The Hall–Kier alpha value is -2.09. The summed E-state index contributed by atoms with van der Waals surface area (Å²) in [5, 5.41) is 9.18. The molecule has 3 fully saturated rings. The van der Waals surface area contributed by atoms with Gasteiger partial charge in [-0.2, -0.15) is 13.2 Å². The summed E-state index contributed by atoms with van der Waals surface area (Å²) in [7, 11) is 0. The fourth-order valence-electron chi connectivity index (χ4n) is 7.11. The van der Waals surface area contributed by atoms with Gasteiger partial charge in [-0.3, -0.25) is 9.59 Å². The van der Waals surface area contributed by atoms with Crippen LogP contribution in [0.25, 0.3) is 0 Å². The van der Waals surface area contributed by atoms with Crippen LogP contribution in [0.1, 0.15) is 62.1 Å². The third-order valence-corrected chi connectivity index (χ3v) is 8.89. The van der Waals surface area contributed by atoms with Crippen molar-refractivity contribution < 1.29 is 27.9 Å². The van der Waals surface area contributed by atoms with Crippen LogP contribution < -0.4 is 0 Å². The monoisotopic (exact) mass is 464 g/mol. The summed E-state index contributed by atoms with van der Waals surface area (Å²) in [6, 6.07) is 4.25. The van der Waals surface area contributed by atoms with Crippen LogP contribution in [-0.4, -0.2) is 52.0 Å². The van der Waals surface area contributed by atoms with Gasteiger partial charge in [0, 0.05) is 31.6 Å². The van der Waals surface area contributed by atoms with E-state index in [4.69, 9.17) is 0 Å². The Morgan fingerprint density at radius 1 is 1.24 bits per heavy atom. The van der Waals surface area contributed by atoms with Gasteiger partial charge in [0.1, 0.15) is 0 Å². The zero-order valence-corrected chi connectivity index (χ0v) is 18.9. The fraction of sp³-hybridized carbons (Fsp3) is 0.680. The molecule has 5 unspecified atom stereocenters. The fourth-order valence-corrected chi connectivity index (χ4v) is 7.11. The Kier molecular flexibility index (Phi) is 5.50. The van der Waals surface area contributed by atoms with Crippen molar-refractivity contribution >= 4 is 11.9 Å². The highest BCUT2D eigenvalue weighted by atomic mass is 19.4. The number of nitrogens with zero attached hydrogens (tertiary/aromatic N) is 2. The van der Waals surface area contributed by atoms with E-state index in [0.29, 0.717) is 12.0 Å². The van der Waals surface area contributed by atoms with Crippen LogP contribution in [0.2, 0.25) is 0 Å². The van der Waals surface area contributed by atoms with Gasteiger partial charge in [0.05, 0.1) is 11.0 Å². The van der Waals surface area contributed by atoms with E-state index in [-0.39, 0.29) is 42.8 Å². The second-order valence-electron chi connectivity index (χ2n) is 10.6. The Labute approximate surface area is 191 Å². The van der Waals surface area contributed by atoms with Gasteiger partial charge < -0.3 is 14.9 Å². The topological polar surface area (TPSA) is 60.9 Å². The summed E-state index contributed by atoms with van der Waals surface area (Å²) in [5.74, 6) is -0.350. The lowest BCUT2D eigenvalue weighted by molar-refractivity contribution is -0.139. The van der Waals surface area contributed by atoms with E-state index in [1.807, 2.05) is 4.90 Å². The van der Waals surface area contributed by atoms with Gasteiger partial charge in [0.15, 0.2) is 0 Å². The molecule has 5 rings (SSSR count). The number of rotatable bonds is 3. The van der Waals surface area contributed by atoms with Crippen molar-refractivity contribution in [1.29, 1.82) is 0 Å². The van der Waals surface area contributed by atoms with Crippen LogP contribution in [0.5, 0.6) is 0 Å². The minimum Gasteiger partial charge on any atom is -0.481 e. The highest BCUT2D eigenvalue weighted by Crippen LogP contribution is 2.55. The lowest BCUT2D eigenvalue weighted by atomic mass is 9.73. The summed E-state index contributed by atoms with van der Waals surface area (Å²) in [4.78, 5) is 29.1. The number of alkyl halides is 3. The number of carbonyl (C=O) groups excluding carboxylic acids is 1. The number of carbonyl (C=O) groups is 2. The maximum absolute atomic E-state index is 13.7. The molecule has 0 radical (unpaired) electrons. The van der Waals surface area contributed by atoms with E-state index in [0.717, 1.165) is 56.8 Å². The molecule has 1 N–H and O–H groups in total. The molecule has 4 aliphatic rings. The van der Waals surface area contributed by atoms with E-state index in [1.54, 1.807) is 6.07 Å². The van der Waals surface area contributed by atoms with Crippen molar-refractivity contribution in [2.24, 2.45) is 17.3 Å². The van der Waals surface area contributed by atoms with E-state index in [9.17, 15) is 27.9 Å². The van der Waals surface area contributed by atoms with Crippen molar-refractivity contribution in [2.45, 2.75) is 76.7 Å². The number of hydrogen-bond donors (Lipinski definition) is 1. The van der Waals surface area contributed by atoms with E-state index >= 15 is 0 Å². The van der Waals surface area contributed by atoms with Crippen LogP contribution in [0.3, 0.4) is 0 Å². The molecular formula is C25H31F3N2O3. The first-order chi connectivity index (χ1) is 15.6. The lowest BCUT2D eigenvalue weighted by Gasteiger charge is -2.37. The van der Waals surface area contributed by atoms with Crippen LogP contribution in [-0.2, 0) is 28.7 Å². The molecule has 33 heavy (non-hydrogen) atoms. The molecule has 1 aromatic rings. The van der Waals surface area contributed by atoms with E-state index in [2.05, 4.69) is 11.8 Å². The van der Waals surface area contributed by atoms with Crippen molar-refractivity contribution in [1.82, 2.24) is 9.80 Å². The third-order valence-electron chi connectivity index (χ3n) is 8.89. The maximum atomic E-state index is 13.7. The van der Waals surface area contributed by atoms with Crippen molar-refractivity contribution in [2.75, 3.05) is 13.1 Å². The smallest absolute Gasteiger partial charge is 0.416 e. The summed E-state index contributed by atoms with van der Waals surface area (Å²) in [6.45, 7) is 4.11. The second kappa shape index (κ2) is 8.00. The zero-order chi connectivity index (χ0) is 23.5. The van der Waals surface area contributed by atoms with Crippen molar-refractivity contribution in [3.8, 4) is 0 Å². The summed E-state index contributed by atoms with van der Waals surface area (Å²) >= 11 is 0. The lowest BCUT2D eigenvalue weighted by Crippen LogP contribution is -2.43. The molecule has 0 aromatic heterocycles. The normalized spacial score (nSPS) is 34.5. The standard InChI is InChI=1S/C25H31F3N2O3/c1-15-21-11-17-4-5-19(25(26,27)28)10-18(17)14-30(21)23(33)24(15)7-6-20(12-24)29-8-2-3-16(13-29)9-22(31)32/h4-5,10,15-16,20-21H,2-3,6-9,11-14H2,1H3,(H,31,32). The first kappa shape index (κ1) is 22.7. The van der Waals surface area contributed by atoms with Gasteiger partial charge in [-0.15, -0.1) is 0 Å². The predicted octanol–water partition coefficient (Wildman–Crippen LogP) is 4.33. The largest absolute Gasteiger partial charge is 0.481 e. The third kappa shape index (κ3) is 3.84. The summed E-state index contributed by atoms with van der Waals surface area (Å²) < 4.78 is 39.6. The van der Waals surface area contributed by atoms with E-state index in [1.165, 1.54) is 6.07 Å². The molecule has 1 saturated carbocycles. The minimum atomic E-state index is -4.39. The molecule has 1 aromatic carbocycles. The Morgan fingerprint density at radius 3 is 2.76 bits per heavy atom. The van der Waals surface area contributed by atoms with Gasteiger partial charge in [0.25, 0.3) is 0 Å². The van der Waals surface area contributed by atoms with Gasteiger partial charge in [-0.05, 0) is 80.2 Å². The number of aliphatic carboxylic acids is 1. The molecule has 5 atom stereocenters. The number of fused-ring (bicyclic) bond motifs is 2. The predicted molar refractivity (Wildman–Crippen MR) is 115 cm³/mol. The molecule has 180 valence electrons. The Morgan fingerprint density at radius 2 is 2.03 bits per heavy atom. The highest BCUT2D eigenvalue weighted by Gasteiger charge is 2.60. The van der Waals surface area contributed by atoms with Crippen LogP contribution in [0, 0.1) is 17.3 Å². The number of amides is 1. The van der Waals surface area contributed by atoms with Crippen LogP contribution in [0.4, 0.5) is 13.2 Å². The molecule has 1 amide bonds. The molecule has 0 bridgehead atoms. The molecule has 3 aliphatic heterocycles. The number of benzene rings is 1. The Balaban J connectivity index is 1.33. The average Bonchev–Trinajstić information content (AvgIpc) is 3.29. The minimum absolute atomic E-state index is 0.0293. The first-order valence-electron chi connectivity index (χ1n) is 12.0. The highest BCUT2D eigenvalue weighted by molar-refractivity contribution is 5.87. The molecular weight excluding hydrogens is 433 g/mol. The number of carboxylic acids is 1. The quantitative estimate of drug-likeness (QED) is 0.723. The van der Waals surface area contributed by atoms with Crippen LogP contribution in [0.15, 0.2) is 18.2 Å². The van der Waals surface area contributed by atoms with E-state index < -0.39 is 23.1 Å². The SMILES string of the molecule is CC1C2Cc3ccc(C(F)(F)F)cc3CN2C(=O)C12CCC(N1CCCC(CC(=O)O)C1)C2. The second-order valence-corrected chi connectivity index (χ2v) is 10.6. The number of likely N-dealkylation sites (tertiary alicyclic amines) is 1. The molecule has 3 heterocycles. The number of piperidine rings is 1. The van der Waals surface area contributed by atoms with Gasteiger partial charge in [-0.1, -0.05) is 13.0 Å². The number of hydrogen-bond acceptors (Lipinski definition) is 3. The zero-order valence-electron chi connectivity index (χ0n) is 18.9. The molecule has 1 spiro atoms. The van der Waals surface area contributed by atoms with Gasteiger partial charge in [0.2, 0.25) is 5.91 Å². The number of carboxylic acid groups (broad SMARTS) is 1. The molecule has 8 heteroatoms. The maximum Gasteiger partial charge on any atom is 0.416 e. The Bertz CT molecular complexity index is 965. The summed E-state index contributed by atoms with van der Waals surface area (Å²) in [6.07, 6.45) is 0.816. The van der Waals surface area contributed by atoms with Crippen molar-refractivity contribution in [3.05, 3.63) is 34.9 Å². The van der Waals surface area contributed by atoms with Crippen molar-refractivity contribution in [3.63, 3.8) is 0 Å². The van der Waals surface area contributed by atoms with Gasteiger partial charge >= 0.3 is 12.1 Å². The summed E-state index contributed by atoms with van der Waals surface area (Å²) in [5.41, 5.74) is 0.420. The van der Waals surface area contributed by atoms with Crippen LogP contribution >= 0.6 is 0 Å².